The number of anilines is 1. The molecule has 1 aromatic heterocycles. The molecule has 1 aliphatic heterocycles. The average molecular weight is 429 g/mol. The van der Waals surface area contributed by atoms with E-state index in [1.54, 1.807) is 12.4 Å². The quantitative estimate of drug-likeness (QED) is 0.484. The fourth-order valence-corrected chi connectivity index (χ4v) is 4.11. The second kappa shape index (κ2) is 10.8. The zero-order valence-corrected chi connectivity index (χ0v) is 18.1. The number of carbonyl (C=O) groups excluding carboxylic acids is 2. The number of aromatic nitrogens is 2. The fraction of sp³-hybridized carbons (Fsp3) is 0.308. The Morgan fingerprint density at radius 2 is 1.38 bits per heavy atom. The summed E-state index contributed by atoms with van der Waals surface area (Å²) >= 11 is 0. The van der Waals surface area contributed by atoms with E-state index in [0.29, 0.717) is 30.5 Å². The Morgan fingerprint density at radius 1 is 0.781 bits per heavy atom. The molecule has 0 bridgehead atoms. The van der Waals surface area contributed by atoms with Crippen molar-refractivity contribution in [3.05, 3.63) is 90.3 Å². The van der Waals surface area contributed by atoms with Crippen LogP contribution in [0.3, 0.4) is 0 Å². The van der Waals surface area contributed by atoms with Crippen LogP contribution < -0.4 is 4.90 Å². The van der Waals surface area contributed by atoms with E-state index in [4.69, 9.17) is 0 Å². The summed E-state index contributed by atoms with van der Waals surface area (Å²) < 4.78 is 0. The topological polar surface area (TPSA) is 66.4 Å². The molecule has 0 saturated carbocycles. The minimum absolute atomic E-state index is 0.0857. The van der Waals surface area contributed by atoms with Gasteiger partial charge in [0.15, 0.2) is 11.6 Å². The first-order valence-electron chi connectivity index (χ1n) is 11.1. The first-order valence-corrected chi connectivity index (χ1v) is 11.1. The van der Waals surface area contributed by atoms with Crippen LogP contribution in [0.5, 0.6) is 0 Å². The molecule has 3 aromatic rings. The van der Waals surface area contributed by atoms with Crippen LogP contribution in [0.25, 0.3) is 0 Å². The molecule has 1 aliphatic rings. The van der Waals surface area contributed by atoms with Gasteiger partial charge in [-0.3, -0.25) is 14.5 Å². The van der Waals surface area contributed by atoms with Gasteiger partial charge in [-0.05, 0) is 12.5 Å². The van der Waals surface area contributed by atoms with Gasteiger partial charge in [-0.15, -0.1) is 0 Å². The van der Waals surface area contributed by atoms with Crippen molar-refractivity contribution in [1.29, 1.82) is 0 Å². The van der Waals surface area contributed by atoms with E-state index in [1.165, 1.54) is 0 Å². The Labute approximate surface area is 188 Å². The molecule has 6 heteroatoms. The number of Topliss-reactive ketones (excluding diaryl/α,β-unsaturated/α-hetero) is 2. The number of hydrogen-bond acceptors (Lipinski definition) is 6. The van der Waals surface area contributed by atoms with Crippen molar-refractivity contribution in [2.75, 3.05) is 37.6 Å². The van der Waals surface area contributed by atoms with E-state index in [2.05, 4.69) is 19.8 Å². The number of nitrogens with zero attached hydrogens (tertiary/aromatic N) is 4. The molecule has 0 aliphatic carbocycles. The second-order valence-corrected chi connectivity index (χ2v) is 8.09. The van der Waals surface area contributed by atoms with Crippen molar-refractivity contribution in [3.63, 3.8) is 0 Å². The summed E-state index contributed by atoms with van der Waals surface area (Å²) in [5, 5.41) is 0. The van der Waals surface area contributed by atoms with Gasteiger partial charge in [0.05, 0.1) is 0 Å². The Hall–Kier alpha value is -3.38. The summed E-state index contributed by atoms with van der Waals surface area (Å²) in [5.74, 6) is 0.727. The molecular weight excluding hydrogens is 400 g/mol. The maximum Gasteiger partial charge on any atom is 0.225 e. The van der Waals surface area contributed by atoms with E-state index in [9.17, 15) is 9.59 Å². The second-order valence-electron chi connectivity index (χ2n) is 8.09. The maximum atomic E-state index is 13.3. The monoisotopic (exact) mass is 428 g/mol. The molecule has 1 saturated heterocycles. The van der Waals surface area contributed by atoms with Crippen LogP contribution in [-0.2, 0) is 0 Å². The lowest BCUT2D eigenvalue weighted by Gasteiger charge is -2.36. The average Bonchev–Trinajstić information content (AvgIpc) is 2.88. The number of rotatable bonds is 9. The molecule has 32 heavy (non-hydrogen) atoms. The van der Waals surface area contributed by atoms with Gasteiger partial charge >= 0.3 is 0 Å². The molecule has 0 spiro atoms. The SMILES string of the molecule is O=C(CCC(CN1CCN(c2ncccn2)CC1)C(=O)c1ccccc1)c1ccccc1. The van der Waals surface area contributed by atoms with Gasteiger partial charge in [-0.1, -0.05) is 60.7 Å². The molecule has 2 aromatic carbocycles. The minimum Gasteiger partial charge on any atom is -0.338 e. The van der Waals surface area contributed by atoms with E-state index in [1.807, 2.05) is 66.7 Å². The molecule has 4 rings (SSSR count). The normalized spacial score (nSPS) is 15.3. The molecule has 1 unspecified atom stereocenters. The Kier molecular flexibility index (Phi) is 7.35. The van der Waals surface area contributed by atoms with Gasteiger partial charge in [0, 0.05) is 68.6 Å². The smallest absolute Gasteiger partial charge is 0.225 e. The van der Waals surface area contributed by atoms with Crippen LogP contribution >= 0.6 is 0 Å². The van der Waals surface area contributed by atoms with Crippen molar-refractivity contribution in [1.82, 2.24) is 14.9 Å². The molecule has 6 nitrogen and oxygen atoms in total. The summed E-state index contributed by atoms with van der Waals surface area (Å²) in [6.45, 7) is 3.96. The number of benzene rings is 2. The van der Waals surface area contributed by atoms with Crippen molar-refractivity contribution in [2.45, 2.75) is 12.8 Å². The van der Waals surface area contributed by atoms with Gasteiger partial charge < -0.3 is 4.90 Å². The standard InChI is InChI=1S/C26H28N4O2/c31-24(21-8-3-1-4-9-21)13-12-23(25(32)22-10-5-2-6-11-22)20-29-16-18-30(19-17-29)26-27-14-7-15-28-26/h1-11,14-15,23H,12-13,16-20H2. The number of hydrogen-bond donors (Lipinski definition) is 0. The van der Waals surface area contributed by atoms with E-state index in [0.717, 1.165) is 32.1 Å². The Bertz CT molecular complexity index is 1000. The third kappa shape index (κ3) is 5.65. The highest BCUT2D eigenvalue weighted by atomic mass is 16.1. The maximum absolute atomic E-state index is 13.3. The van der Waals surface area contributed by atoms with Gasteiger partial charge in [-0.25, -0.2) is 9.97 Å². The summed E-state index contributed by atoms with van der Waals surface area (Å²) in [4.78, 5) is 39.1. The minimum atomic E-state index is -0.218. The summed E-state index contributed by atoms with van der Waals surface area (Å²) in [7, 11) is 0. The highest BCUT2D eigenvalue weighted by Gasteiger charge is 2.26. The van der Waals surface area contributed by atoms with Gasteiger partial charge in [-0.2, -0.15) is 0 Å². The third-order valence-electron chi connectivity index (χ3n) is 5.93. The van der Waals surface area contributed by atoms with E-state index < -0.39 is 0 Å². The largest absolute Gasteiger partial charge is 0.338 e. The molecule has 1 atom stereocenters. The lowest BCUT2D eigenvalue weighted by Crippen LogP contribution is -2.49. The zero-order chi connectivity index (χ0) is 22.2. The lowest BCUT2D eigenvalue weighted by molar-refractivity contribution is 0.0851. The summed E-state index contributed by atoms with van der Waals surface area (Å²) in [6.07, 6.45) is 4.43. The lowest BCUT2D eigenvalue weighted by atomic mass is 9.90. The van der Waals surface area contributed by atoms with Crippen LogP contribution in [0.1, 0.15) is 33.6 Å². The summed E-state index contributed by atoms with van der Waals surface area (Å²) in [6, 6.07) is 20.5. The molecule has 0 amide bonds. The van der Waals surface area contributed by atoms with E-state index >= 15 is 0 Å². The fourth-order valence-electron chi connectivity index (χ4n) is 4.11. The summed E-state index contributed by atoms with van der Waals surface area (Å²) in [5.41, 5.74) is 1.41. The first kappa shape index (κ1) is 21.8. The van der Waals surface area contributed by atoms with Crippen molar-refractivity contribution < 1.29 is 9.59 Å². The molecule has 164 valence electrons. The highest BCUT2D eigenvalue weighted by Crippen LogP contribution is 2.20. The van der Waals surface area contributed by atoms with Crippen molar-refractivity contribution >= 4 is 17.5 Å². The molecule has 1 fully saturated rings. The van der Waals surface area contributed by atoms with Crippen LogP contribution in [-0.4, -0.2) is 59.2 Å². The molecule has 2 heterocycles. The van der Waals surface area contributed by atoms with Crippen LogP contribution in [0.15, 0.2) is 79.1 Å². The van der Waals surface area contributed by atoms with Gasteiger partial charge in [0.25, 0.3) is 0 Å². The van der Waals surface area contributed by atoms with Crippen LogP contribution in [0.2, 0.25) is 0 Å². The van der Waals surface area contributed by atoms with Gasteiger partial charge in [0.2, 0.25) is 5.95 Å². The van der Waals surface area contributed by atoms with Crippen LogP contribution in [0, 0.1) is 5.92 Å². The first-order chi connectivity index (χ1) is 15.7. The van der Waals surface area contributed by atoms with Crippen molar-refractivity contribution in [3.8, 4) is 0 Å². The highest BCUT2D eigenvalue weighted by molar-refractivity contribution is 5.99. The van der Waals surface area contributed by atoms with Gasteiger partial charge in [0.1, 0.15) is 0 Å². The predicted molar refractivity (Wildman–Crippen MR) is 125 cm³/mol. The molecule has 0 radical (unpaired) electrons. The Morgan fingerprint density at radius 3 is 2.00 bits per heavy atom. The molecule has 0 N–H and O–H groups in total. The number of piperazine rings is 1. The molecular formula is C26H28N4O2. The third-order valence-corrected chi connectivity index (χ3v) is 5.93. The number of ketones is 2. The van der Waals surface area contributed by atoms with Crippen LogP contribution in [0.4, 0.5) is 5.95 Å². The Balaban J connectivity index is 1.40. The zero-order valence-electron chi connectivity index (χ0n) is 18.1. The number of carbonyl (C=O) groups is 2. The van der Waals surface area contributed by atoms with E-state index in [-0.39, 0.29) is 17.5 Å². The predicted octanol–water partition coefficient (Wildman–Crippen LogP) is 3.76. The van der Waals surface area contributed by atoms with Crippen molar-refractivity contribution in [2.24, 2.45) is 5.92 Å².